The Bertz CT molecular complexity index is 966. The lowest BCUT2D eigenvalue weighted by Gasteiger charge is -2.14. The number of nitrogens with one attached hydrogen (secondary N) is 2. The lowest BCUT2D eigenvalue weighted by molar-refractivity contribution is -0.149. The van der Waals surface area contributed by atoms with E-state index in [0.717, 1.165) is 21.6 Å². The van der Waals surface area contributed by atoms with E-state index in [1.807, 2.05) is 45.1 Å². The van der Waals surface area contributed by atoms with E-state index >= 15 is 0 Å². The van der Waals surface area contributed by atoms with Gasteiger partial charge in [0, 0.05) is 12.2 Å². The van der Waals surface area contributed by atoms with Crippen molar-refractivity contribution in [2.24, 2.45) is 11.8 Å². The Morgan fingerprint density at radius 2 is 1.55 bits per heavy atom. The predicted molar refractivity (Wildman–Crippen MR) is 120 cm³/mol. The van der Waals surface area contributed by atoms with Crippen LogP contribution in [0.4, 0.5) is 5.69 Å². The Morgan fingerprint density at radius 1 is 0.970 bits per heavy atom. The summed E-state index contributed by atoms with van der Waals surface area (Å²) in [6, 6.07) is 3.91. The molecule has 9 heteroatoms. The molecular formula is C24H29N3O6. The number of nitrogens with zero attached hydrogens (tertiary/aromatic N) is 1. The second kappa shape index (κ2) is 10.4. The van der Waals surface area contributed by atoms with Gasteiger partial charge in [0.25, 0.3) is 5.91 Å². The number of carbonyl (C=O) groups is 5. The summed E-state index contributed by atoms with van der Waals surface area (Å²) in [5, 5.41) is 5.17. The fraction of sp³-hybridized carbons (Fsp3) is 0.458. The van der Waals surface area contributed by atoms with Crippen LogP contribution in [-0.4, -0.2) is 54.2 Å². The van der Waals surface area contributed by atoms with Crippen LogP contribution in [0, 0.1) is 32.6 Å². The molecule has 1 aromatic rings. The highest BCUT2D eigenvalue weighted by molar-refractivity contribution is 6.05. The number of carbonyl (C=O) groups excluding carboxylic acids is 5. The van der Waals surface area contributed by atoms with Gasteiger partial charge in [-0.05, 0) is 44.7 Å². The number of rotatable bonds is 8. The Hall–Kier alpha value is -3.49. The number of benzene rings is 1. The number of allylic oxidation sites excluding steroid dienone is 2. The van der Waals surface area contributed by atoms with Crippen LogP contribution in [0.5, 0.6) is 0 Å². The molecule has 33 heavy (non-hydrogen) atoms. The van der Waals surface area contributed by atoms with Crippen molar-refractivity contribution < 1.29 is 28.7 Å². The van der Waals surface area contributed by atoms with Crippen molar-refractivity contribution in [3.63, 3.8) is 0 Å². The zero-order valence-corrected chi connectivity index (χ0v) is 19.1. The smallest absolute Gasteiger partial charge is 0.308 e. The van der Waals surface area contributed by atoms with Crippen LogP contribution >= 0.6 is 0 Å². The molecule has 0 radical (unpaired) electrons. The molecule has 2 N–H and O–H groups in total. The van der Waals surface area contributed by atoms with Gasteiger partial charge < -0.3 is 15.4 Å². The maximum Gasteiger partial charge on any atom is 0.308 e. The van der Waals surface area contributed by atoms with Crippen LogP contribution in [0.15, 0.2) is 24.3 Å². The second-order valence-electron chi connectivity index (χ2n) is 8.49. The van der Waals surface area contributed by atoms with E-state index in [2.05, 4.69) is 10.6 Å². The number of esters is 1. The van der Waals surface area contributed by atoms with Gasteiger partial charge in [0.05, 0.1) is 24.8 Å². The minimum Gasteiger partial charge on any atom is -0.456 e. The van der Waals surface area contributed by atoms with Gasteiger partial charge in [0.15, 0.2) is 6.61 Å². The predicted octanol–water partition coefficient (Wildman–Crippen LogP) is 1.55. The number of imide groups is 1. The average molecular weight is 456 g/mol. The molecular weight excluding hydrogens is 426 g/mol. The summed E-state index contributed by atoms with van der Waals surface area (Å²) in [6.07, 6.45) is 4.67. The number of anilines is 1. The third-order valence-electron chi connectivity index (χ3n) is 5.89. The van der Waals surface area contributed by atoms with E-state index in [0.29, 0.717) is 18.5 Å². The zero-order valence-electron chi connectivity index (χ0n) is 19.1. The van der Waals surface area contributed by atoms with Crippen LogP contribution < -0.4 is 10.6 Å². The fourth-order valence-electron chi connectivity index (χ4n) is 4.30. The number of ether oxygens (including phenoxy) is 1. The molecule has 3 rings (SSSR count). The monoisotopic (exact) mass is 455 g/mol. The number of aryl methyl sites for hydroxylation is 3. The fourth-order valence-corrected chi connectivity index (χ4v) is 4.30. The first-order valence-corrected chi connectivity index (χ1v) is 11.0. The topological polar surface area (TPSA) is 122 Å². The summed E-state index contributed by atoms with van der Waals surface area (Å²) in [5.41, 5.74) is 3.64. The third kappa shape index (κ3) is 5.85. The average Bonchev–Trinajstić information content (AvgIpc) is 3.02. The number of fused-ring (bicyclic) bond motifs is 1. The zero-order chi connectivity index (χ0) is 24.1. The maximum absolute atomic E-state index is 12.4. The van der Waals surface area contributed by atoms with E-state index in [1.165, 1.54) is 0 Å². The maximum atomic E-state index is 12.4. The van der Waals surface area contributed by atoms with Gasteiger partial charge in [-0.15, -0.1) is 0 Å². The third-order valence-corrected chi connectivity index (χ3v) is 5.89. The number of amides is 4. The van der Waals surface area contributed by atoms with Crippen molar-refractivity contribution in [2.75, 3.05) is 25.0 Å². The summed E-state index contributed by atoms with van der Waals surface area (Å²) < 4.78 is 4.91. The molecule has 1 aromatic carbocycles. The summed E-state index contributed by atoms with van der Waals surface area (Å²) >= 11 is 0. The van der Waals surface area contributed by atoms with Crippen molar-refractivity contribution in [1.29, 1.82) is 0 Å². The molecule has 4 amide bonds. The van der Waals surface area contributed by atoms with Gasteiger partial charge in [0.1, 0.15) is 0 Å². The molecule has 1 aliphatic carbocycles. The molecule has 2 atom stereocenters. The minimum atomic E-state index is -0.700. The van der Waals surface area contributed by atoms with E-state index in [1.54, 1.807) is 0 Å². The second-order valence-corrected chi connectivity index (χ2v) is 8.49. The summed E-state index contributed by atoms with van der Waals surface area (Å²) in [5.74, 6) is -2.93. The van der Waals surface area contributed by atoms with Gasteiger partial charge in [-0.2, -0.15) is 0 Å². The molecule has 176 valence electrons. The summed E-state index contributed by atoms with van der Waals surface area (Å²) in [6.45, 7) is 4.87. The molecule has 0 aromatic heterocycles. The molecule has 0 bridgehead atoms. The van der Waals surface area contributed by atoms with E-state index in [9.17, 15) is 24.0 Å². The Kier molecular flexibility index (Phi) is 7.63. The van der Waals surface area contributed by atoms with Crippen molar-refractivity contribution in [3.8, 4) is 0 Å². The molecule has 1 heterocycles. The Labute approximate surface area is 192 Å². The molecule has 0 saturated carbocycles. The number of likely N-dealkylation sites (tertiary alicyclic amines) is 1. The van der Waals surface area contributed by atoms with E-state index in [4.69, 9.17) is 4.74 Å². The van der Waals surface area contributed by atoms with Gasteiger partial charge in [-0.3, -0.25) is 28.9 Å². The van der Waals surface area contributed by atoms with Crippen LogP contribution in [-0.2, 0) is 28.7 Å². The van der Waals surface area contributed by atoms with Gasteiger partial charge >= 0.3 is 5.97 Å². The van der Waals surface area contributed by atoms with Crippen molar-refractivity contribution in [1.82, 2.24) is 10.2 Å². The summed E-state index contributed by atoms with van der Waals surface area (Å²) in [7, 11) is 0. The standard InChI is InChI=1S/C24H29N3O6/c1-14-10-15(2)22(16(3)11-14)26-19(28)12-25-20(29)13-33-21(30)8-9-27-23(31)17-6-4-5-7-18(17)24(27)32/h4-5,10-11,17-18H,6-9,12-13H2,1-3H3,(H,25,29)(H,26,28)/t17-,18+. The van der Waals surface area contributed by atoms with Crippen LogP contribution in [0.3, 0.4) is 0 Å². The molecule has 0 spiro atoms. The normalized spacial score (nSPS) is 19.3. The van der Waals surface area contributed by atoms with Crippen molar-refractivity contribution in [2.45, 2.75) is 40.0 Å². The Morgan fingerprint density at radius 3 is 2.12 bits per heavy atom. The van der Waals surface area contributed by atoms with Gasteiger partial charge in [-0.25, -0.2) is 0 Å². The number of hydrogen-bond donors (Lipinski definition) is 2. The first-order chi connectivity index (χ1) is 15.7. The summed E-state index contributed by atoms with van der Waals surface area (Å²) in [4.78, 5) is 61.9. The van der Waals surface area contributed by atoms with Crippen LogP contribution in [0.1, 0.15) is 36.0 Å². The van der Waals surface area contributed by atoms with Crippen molar-refractivity contribution >= 4 is 35.3 Å². The quantitative estimate of drug-likeness (QED) is 0.348. The molecule has 1 saturated heterocycles. The minimum absolute atomic E-state index is 0.0667. The van der Waals surface area contributed by atoms with Crippen LogP contribution in [0.2, 0.25) is 0 Å². The molecule has 1 fully saturated rings. The molecule has 9 nitrogen and oxygen atoms in total. The molecule has 2 aliphatic rings. The van der Waals surface area contributed by atoms with Gasteiger partial charge in [-0.1, -0.05) is 29.8 Å². The SMILES string of the molecule is Cc1cc(C)c(NC(=O)CNC(=O)COC(=O)CCN2C(=O)[C@H]3CC=CC[C@H]3C2=O)c(C)c1. The van der Waals surface area contributed by atoms with Crippen molar-refractivity contribution in [3.05, 3.63) is 41.0 Å². The van der Waals surface area contributed by atoms with Crippen LogP contribution in [0.25, 0.3) is 0 Å². The molecule has 0 unspecified atom stereocenters. The highest BCUT2D eigenvalue weighted by atomic mass is 16.5. The largest absolute Gasteiger partial charge is 0.456 e. The number of hydrogen-bond acceptors (Lipinski definition) is 6. The van der Waals surface area contributed by atoms with E-state index < -0.39 is 24.4 Å². The van der Waals surface area contributed by atoms with Gasteiger partial charge in [0.2, 0.25) is 17.7 Å². The molecule has 1 aliphatic heterocycles. The van der Waals surface area contributed by atoms with E-state index in [-0.39, 0.29) is 43.2 Å². The lowest BCUT2D eigenvalue weighted by atomic mass is 9.85. The first kappa shape index (κ1) is 24.2. The lowest BCUT2D eigenvalue weighted by Crippen LogP contribution is -2.36. The Balaban J connectivity index is 1.37. The first-order valence-electron chi connectivity index (χ1n) is 11.0. The highest BCUT2D eigenvalue weighted by Gasteiger charge is 2.46. The highest BCUT2D eigenvalue weighted by Crippen LogP contribution is 2.35.